The van der Waals surface area contributed by atoms with E-state index in [0.717, 1.165) is 35.8 Å². The summed E-state index contributed by atoms with van der Waals surface area (Å²) in [6, 6.07) is 9.63. The number of rotatable bonds is 6. The van der Waals surface area contributed by atoms with Crippen LogP contribution in [0, 0.1) is 11.3 Å². The van der Waals surface area contributed by atoms with Gasteiger partial charge >= 0.3 is 5.97 Å². The molecule has 3 rings (SSSR count). The fraction of sp³-hybridized carbons (Fsp3) is 0.429. The minimum atomic E-state index is -0.870. The van der Waals surface area contributed by atoms with Gasteiger partial charge in [0.15, 0.2) is 0 Å². The van der Waals surface area contributed by atoms with Crippen LogP contribution in [-0.4, -0.2) is 58.3 Å². The van der Waals surface area contributed by atoms with Crippen molar-refractivity contribution in [1.29, 1.82) is 5.26 Å². The van der Waals surface area contributed by atoms with Crippen LogP contribution in [0.25, 0.3) is 0 Å². The number of allylic oxidation sites excluding steroid dienone is 2. The standard InChI is InChI=1S/C21H25N3O3S/c1-3-28-20-19(21(25)26)15(2)12-18(23-8-10-27-11-9-23)24(20)14-17-6-4-16(13-22)5-7-17/h4-7,12,20H,3,8-11,14H2,1-2H3,(H,25,26). The lowest BCUT2D eigenvalue weighted by molar-refractivity contribution is -0.133. The number of thioether (sulfide) groups is 1. The van der Waals surface area contributed by atoms with Crippen LogP contribution in [0.3, 0.4) is 0 Å². The zero-order valence-corrected chi connectivity index (χ0v) is 17.0. The maximum atomic E-state index is 12.0. The van der Waals surface area contributed by atoms with E-state index < -0.39 is 5.97 Å². The van der Waals surface area contributed by atoms with E-state index in [1.54, 1.807) is 23.9 Å². The van der Waals surface area contributed by atoms with Crippen LogP contribution < -0.4 is 0 Å². The van der Waals surface area contributed by atoms with Crippen molar-refractivity contribution in [1.82, 2.24) is 9.80 Å². The molecule has 1 atom stereocenters. The van der Waals surface area contributed by atoms with Gasteiger partial charge in [0.2, 0.25) is 0 Å². The zero-order valence-electron chi connectivity index (χ0n) is 16.2. The molecule has 1 saturated heterocycles. The Morgan fingerprint density at radius 1 is 1.32 bits per heavy atom. The molecule has 2 aliphatic heterocycles. The van der Waals surface area contributed by atoms with E-state index in [1.165, 1.54) is 0 Å². The highest BCUT2D eigenvalue weighted by Gasteiger charge is 2.35. The monoisotopic (exact) mass is 399 g/mol. The molecule has 0 bridgehead atoms. The number of aliphatic carboxylic acids is 1. The third kappa shape index (κ3) is 4.34. The molecule has 0 spiro atoms. The number of carboxylic acids is 1. The number of ether oxygens (including phenoxy) is 1. The maximum Gasteiger partial charge on any atom is 0.334 e. The van der Waals surface area contributed by atoms with E-state index in [1.807, 2.05) is 32.1 Å². The van der Waals surface area contributed by atoms with Crippen LogP contribution in [-0.2, 0) is 16.1 Å². The van der Waals surface area contributed by atoms with Gasteiger partial charge in [-0.3, -0.25) is 0 Å². The van der Waals surface area contributed by atoms with Gasteiger partial charge in [0.05, 0.1) is 30.4 Å². The van der Waals surface area contributed by atoms with Gasteiger partial charge in [-0.05, 0) is 42.0 Å². The van der Waals surface area contributed by atoms with Crippen LogP contribution in [0.15, 0.2) is 47.3 Å². The number of benzene rings is 1. The Kier molecular flexibility index (Phi) is 6.65. The lowest BCUT2D eigenvalue weighted by atomic mass is 10.0. The van der Waals surface area contributed by atoms with Crippen molar-refractivity contribution in [3.8, 4) is 6.07 Å². The molecule has 28 heavy (non-hydrogen) atoms. The second kappa shape index (κ2) is 9.18. The van der Waals surface area contributed by atoms with Crippen molar-refractivity contribution in [3.63, 3.8) is 0 Å². The quantitative estimate of drug-likeness (QED) is 0.788. The summed E-state index contributed by atoms with van der Waals surface area (Å²) < 4.78 is 5.50. The first kappa shape index (κ1) is 20.3. The number of carboxylic acid groups (broad SMARTS) is 1. The fourth-order valence-corrected chi connectivity index (χ4v) is 4.67. The minimum absolute atomic E-state index is 0.263. The summed E-state index contributed by atoms with van der Waals surface area (Å²) in [7, 11) is 0. The molecule has 1 unspecified atom stereocenters. The molecule has 0 radical (unpaired) electrons. The third-order valence-corrected chi connectivity index (χ3v) is 6.06. The first-order valence-electron chi connectivity index (χ1n) is 9.41. The largest absolute Gasteiger partial charge is 0.478 e. The Morgan fingerprint density at radius 3 is 2.57 bits per heavy atom. The van der Waals surface area contributed by atoms with E-state index in [-0.39, 0.29) is 5.37 Å². The first-order valence-corrected chi connectivity index (χ1v) is 10.5. The van der Waals surface area contributed by atoms with Crippen molar-refractivity contribution in [2.45, 2.75) is 25.8 Å². The van der Waals surface area contributed by atoms with Crippen molar-refractivity contribution >= 4 is 17.7 Å². The Hall–Kier alpha value is -2.43. The number of nitriles is 1. The van der Waals surface area contributed by atoms with E-state index in [4.69, 9.17) is 10.00 Å². The van der Waals surface area contributed by atoms with E-state index in [9.17, 15) is 9.90 Å². The summed E-state index contributed by atoms with van der Waals surface area (Å²) in [5, 5.41) is 18.6. The lowest BCUT2D eigenvalue weighted by Crippen LogP contribution is -2.47. The Bertz CT molecular complexity index is 820. The third-order valence-electron chi connectivity index (χ3n) is 4.92. The number of hydrogen-bond acceptors (Lipinski definition) is 6. The maximum absolute atomic E-state index is 12.0. The summed E-state index contributed by atoms with van der Waals surface area (Å²) in [5.41, 5.74) is 2.91. The second-order valence-electron chi connectivity index (χ2n) is 6.75. The van der Waals surface area contributed by atoms with E-state index >= 15 is 0 Å². The van der Waals surface area contributed by atoms with Crippen molar-refractivity contribution in [3.05, 3.63) is 58.4 Å². The molecule has 1 aromatic carbocycles. The molecule has 2 aliphatic rings. The molecule has 1 fully saturated rings. The predicted octanol–water partition coefficient (Wildman–Crippen LogP) is 3.03. The molecular formula is C21H25N3O3S. The smallest absolute Gasteiger partial charge is 0.334 e. The van der Waals surface area contributed by atoms with Crippen LogP contribution >= 0.6 is 11.8 Å². The Labute approximate surface area is 170 Å². The van der Waals surface area contributed by atoms with Gasteiger partial charge in [-0.25, -0.2) is 4.79 Å². The number of morpholine rings is 1. The number of hydrogen-bond donors (Lipinski definition) is 1. The van der Waals surface area contributed by atoms with Gasteiger partial charge in [-0.15, -0.1) is 11.8 Å². The molecule has 0 aliphatic carbocycles. The highest BCUT2D eigenvalue weighted by molar-refractivity contribution is 8.00. The van der Waals surface area contributed by atoms with E-state index in [0.29, 0.717) is 30.9 Å². The average Bonchev–Trinajstić information content (AvgIpc) is 2.71. The van der Waals surface area contributed by atoms with Crippen LogP contribution in [0.5, 0.6) is 0 Å². The van der Waals surface area contributed by atoms with Gasteiger partial charge in [0.1, 0.15) is 11.2 Å². The number of nitrogens with zero attached hydrogens (tertiary/aromatic N) is 3. The summed E-state index contributed by atoms with van der Waals surface area (Å²) in [4.78, 5) is 16.5. The SMILES string of the molecule is CCSC1C(C(=O)O)=C(C)C=C(N2CCOCC2)N1Cc1ccc(C#N)cc1. The summed E-state index contributed by atoms with van der Waals surface area (Å²) in [6.07, 6.45) is 1.99. The normalized spacial score (nSPS) is 20.0. The average molecular weight is 400 g/mol. The summed E-state index contributed by atoms with van der Waals surface area (Å²) in [6.45, 7) is 7.42. The fourth-order valence-electron chi connectivity index (χ4n) is 3.54. The van der Waals surface area contributed by atoms with Crippen LogP contribution in [0.1, 0.15) is 25.0 Å². The zero-order chi connectivity index (χ0) is 20.1. The molecular weight excluding hydrogens is 374 g/mol. The minimum Gasteiger partial charge on any atom is -0.478 e. The lowest BCUT2D eigenvalue weighted by Gasteiger charge is -2.44. The van der Waals surface area contributed by atoms with Gasteiger partial charge in [0, 0.05) is 19.6 Å². The van der Waals surface area contributed by atoms with Crippen molar-refractivity contribution < 1.29 is 14.6 Å². The molecule has 148 valence electrons. The number of carbonyl (C=O) groups is 1. The predicted molar refractivity (Wildman–Crippen MR) is 109 cm³/mol. The summed E-state index contributed by atoms with van der Waals surface area (Å²) >= 11 is 1.63. The molecule has 1 aromatic rings. The second-order valence-corrected chi connectivity index (χ2v) is 8.11. The van der Waals surface area contributed by atoms with E-state index in [2.05, 4.69) is 15.9 Å². The molecule has 1 N–H and O–H groups in total. The molecule has 0 aromatic heterocycles. The highest BCUT2D eigenvalue weighted by Crippen LogP contribution is 2.36. The van der Waals surface area contributed by atoms with Crippen molar-refractivity contribution in [2.24, 2.45) is 0 Å². The molecule has 0 amide bonds. The first-order chi connectivity index (χ1) is 13.5. The van der Waals surface area contributed by atoms with Gasteiger partial charge in [0.25, 0.3) is 0 Å². The molecule has 0 saturated carbocycles. The van der Waals surface area contributed by atoms with Crippen molar-refractivity contribution in [2.75, 3.05) is 32.1 Å². The molecule has 2 heterocycles. The van der Waals surface area contributed by atoms with Gasteiger partial charge < -0.3 is 19.6 Å². The van der Waals surface area contributed by atoms with Gasteiger partial charge in [-0.2, -0.15) is 5.26 Å². The molecule has 6 nitrogen and oxygen atoms in total. The van der Waals surface area contributed by atoms with Gasteiger partial charge in [-0.1, -0.05) is 19.1 Å². The van der Waals surface area contributed by atoms with Crippen LogP contribution in [0.2, 0.25) is 0 Å². The summed E-state index contributed by atoms with van der Waals surface area (Å²) in [5.74, 6) is 0.987. The topological polar surface area (TPSA) is 76.8 Å². The Morgan fingerprint density at radius 2 is 2.00 bits per heavy atom. The highest BCUT2D eigenvalue weighted by atomic mass is 32.2. The molecule has 7 heteroatoms. The Balaban J connectivity index is 1.99. The van der Waals surface area contributed by atoms with Crippen LogP contribution in [0.4, 0.5) is 0 Å².